The normalized spacial score (nSPS) is 39.4. The van der Waals surface area contributed by atoms with Crippen LogP contribution in [0.2, 0.25) is 0 Å². The van der Waals surface area contributed by atoms with Gasteiger partial charge in [0.1, 0.15) is 11.4 Å². The van der Waals surface area contributed by atoms with Crippen molar-refractivity contribution in [3.05, 3.63) is 29.8 Å². The fraction of sp³-hybridized carbons (Fsp3) is 0.562. The minimum Gasteiger partial charge on any atom is -0.426 e. The summed E-state index contributed by atoms with van der Waals surface area (Å²) < 4.78 is 11.5. The van der Waals surface area contributed by atoms with Crippen LogP contribution in [0.3, 0.4) is 0 Å². The summed E-state index contributed by atoms with van der Waals surface area (Å²) in [7, 11) is 1.74. The van der Waals surface area contributed by atoms with Gasteiger partial charge in [-0.25, -0.2) is 0 Å². The number of methoxy groups -OCH3 is 1. The number of rotatable bonds is 1. The van der Waals surface area contributed by atoms with Gasteiger partial charge < -0.3 is 9.47 Å². The van der Waals surface area contributed by atoms with Gasteiger partial charge in [-0.15, -0.1) is 0 Å². The van der Waals surface area contributed by atoms with Crippen LogP contribution in [0.25, 0.3) is 0 Å². The van der Waals surface area contributed by atoms with Gasteiger partial charge in [0.05, 0.1) is 5.92 Å². The minimum atomic E-state index is -0.420. The zero-order chi connectivity index (χ0) is 13.0. The lowest BCUT2D eigenvalue weighted by atomic mass is 9.46. The van der Waals surface area contributed by atoms with Crippen LogP contribution < -0.4 is 4.74 Å². The van der Waals surface area contributed by atoms with Crippen LogP contribution in [0, 0.1) is 17.8 Å². The highest BCUT2D eigenvalue weighted by Crippen LogP contribution is 2.65. The van der Waals surface area contributed by atoms with E-state index in [-0.39, 0.29) is 11.9 Å². The molecule has 3 heteroatoms. The largest absolute Gasteiger partial charge is 0.426 e. The van der Waals surface area contributed by atoms with Crippen LogP contribution in [0.15, 0.2) is 24.3 Å². The first-order valence-electron chi connectivity index (χ1n) is 7.15. The second-order valence-electron chi connectivity index (χ2n) is 5.95. The zero-order valence-electron chi connectivity index (χ0n) is 11.1. The summed E-state index contributed by atoms with van der Waals surface area (Å²) in [6.07, 6.45) is 4.77. The summed E-state index contributed by atoms with van der Waals surface area (Å²) in [4.78, 5) is 12.3. The summed E-state index contributed by atoms with van der Waals surface area (Å²) in [6, 6.07) is 7.85. The molecule has 0 saturated heterocycles. The predicted octanol–water partition coefficient (Wildman–Crippen LogP) is 2.88. The Balaban J connectivity index is 1.88. The molecule has 4 unspecified atom stereocenters. The van der Waals surface area contributed by atoms with Gasteiger partial charge in [-0.05, 0) is 30.7 Å². The van der Waals surface area contributed by atoms with Crippen molar-refractivity contribution in [3.63, 3.8) is 0 Å². The number of carbonyl (C=O) groups is 1. The smallest absolute Gasteiger partial charge is 0.317 e. The molecule has 2 fully saturated rings. The Morgan fingerprint density at radius 2 is 2.05 bits per heavy atom. The number of hydrogen-bond acceptors (Lipinski definition) is 3. The third-order valence-corrected chi connectivity index (χ3v) is 5.37. The first kappa shape index (κ1) is 11.5. The molecule has 3 nitrogen and oxygen atoms in total. The van der Waals surface area contributed by atoms with E-state index in [9.17, 15) is 4.79 Å². The number of fused-ring (bicyclic) bond motifs is 6. The van der Waals surface area contributed by atoms with Crippen molar-refractivity contribution in [2.75, 3.05) is 7.11 Å². The fourth-order valence-electron chi connectivity index (χ4n) is 4.68. The van der Waals surface area contributed by atoms with E-state index < -0.39 is 5.60 Å². The third kappa shape index (κ3) is 1.24. The lowest BCUT2D eigenvalue weighted by Gasteiger charge is -2.62. The van der Waals surface area contributed by atoms with Crippen molar-refractivity contribution in [1.29, 1.82) is 0 Å². The molecule has 100 valence electrons. The molecule has 3 aliphatic rings. The number of benzene rings is 1. The average Bonchev–Trinajstić information content (AvgIpc) is 2.42. The number of carbonyl (C=O) groups excluding carboxylic acids is 1. The van der Waals surface area contributed by atoms with Crippen molar-refractivity contribution < 1.29 is 14.3 Å². The van der Waals surface area contributed by atoms with Crippen LogP contribution in [0.5, 0.6) is 5.75 Å². The number of ether oxygens (including phenoxy) is 2. The molecule has 0 amide bonds. The average molecular weight is 258 g/mol. The maximum absolute atomic E-state index is 12.3. The van der Waals surface area contributed by atoms with E-state index in [1.165, 1.54) is 12.8 Å². The Bertz CT molecular complexity index is 539. The lowest BCUT2D eigenvalue weighted by Crippen LogP contribution is -2.67. The van der Waals surface area contributed by atoms with Gasteiger partial charge in [0.15, 0.2) is 0 Å². The summed E-state index contributed by atoms with van der Waals surface area (Å²) in [5.41, 5.74) is 0.655. The van der Waals surface area contributed by atoms with Gasteiger partial charge in [-0.1, -0.05) is 31.0 Å². The van der Waals surface area contributed by atoms with Gasteiger partial charge in [-0.3, -0.25) is 4.79 Å². The van der Waals surface area contributed by atoms with Crippen LogP contribution in [0.1, 0.15) is 31.2 Å². The van der Waals surface area contributed by atoms with Gasteiger partial charge in [-0.2, -0.15) is 0 Å². The van der Waals surface area contributed by atoms with Crippen molar-refractivity contribution in [3.8, 4) is 5.75 Å². The molecule has 0 aromatic heterocycles. The Morgan fingerprint density at radius 3 is 2.89 bits per heavy atom. The van der Waals surface area contributed by atoms with E-state index in [2.05, 4.69) is 6.07 Å². The molecule has 4 atom stereocenters. The van der Waals surface area contributed by atoms with Crippen LogP contribution in [0.4, 0.5) is 0 Å². The van der Waals surface area contributed by atoms with Crippen LogP contribution in [-0.2, 0) is 15.1 Å². The van der Waals surface area contributed by atoms with Gasteiger partial charge in [0.2, 0.25) is 0 Å². The zero-order valence-corrected chi connectivity index (χ0v) is 11.1. The molecule has 1 aromatic carbocycles. The standard InChI is InChI=1S/C16H18O3/c1-18-16-11-7-3-2-6-10(11)14(16)15(17)19-13-9-5-4-8-12(13)16/h4-5,8-11,14H,2-3,6-7H2,1H3. The highest BCUT2D eigenvalue weighted by atomic mass is 16.6. The molecular formula is C16H18O3. The van der Waals surface area contributed by atoms with Gasteiger partial charge in [0.25, 0.3) is 0 Å². The second kappa shape index (κ2) is 3.83. The van der Waals surface area contributed by atoms with Crippen LogP contribution in [-0.4, -0.2) is 13.1 Å². The molecule has 2 saturated carbocycles. The second-order valence-corrected chi connectivity index (χ2v) is 5.95. The number of para-hydroxylation sites is 1. The minimum absolute atomic E-state index is 0.0938. The molecule has 0 N–H and O–H groups in total. The lowest BCUT2D eigenvalue weighted by molar-refractivity contribution is -0.246. The van der Waals surface area contributed by atoms with Gasteiger partial charge in [0, 0.05) is 12.7 Å². The Labute approximate surface area is 112 Å². The molecule has 1 heterocycles. The molecule has 4 rings (SSSR count). The van der Waals surface area contributed by atoms with E-state index >= 15 is 0 Å². The van der Waals surface area contributed by atoms with E-state index in [1.807, 2.05) is 18.2 Å². The van der Waals surface area contributed by atoms with Gasteiger partial charge >= 0.3 is 5.97 Å². The number of hydrogen-bond donors (Lipinski definition) is 0. The van der Waals surface area contributed by atoms with E-state index in [0.717, 1.165) is 18.4 Å². The Hall–Kier alpha value is -1.35. The fourth-order valence-corrected chi connectivity index (χ4v) is 4.68. The first-order chi connectivity index (χ1) is 9.29. The van der Waals surface area contributed by atoms with Crippen LogP contribution >= 0.6 is 0 Å². The molecule has 0 spiro atoms. The molecule has 2 aliphatic carbocycles. The van der Waals surface area contributed by atoms with Crippen molar-refractivity contribution >= 4 is 5.97 Å². The summed E-state index contributed by atoms with van der Waals surface area (Å²) in [5.74, 6) is 1.43. The molecule has 0 bridgehead atoms. The predicted molar refractivity (Wildman–Crippen MR) is 69.7 cm³/mol. The maximum Gasteiger partial charge on any atom is 0.317 e. The summed E-state index contributed by atoms with van der Waals surface area (Å²) >= 11 is 0. The number of esters is 1. The van der Waals surface area contributed by atoms with E-state index in [1.54, 1.807) is 7.11 Å². The molecule has 19 heavy (non-hydrogen) atoms. The van der Waals surface area contributed by atoms with Crippen molar-refractivity contribution in [2.45, 2.75) is 31.3 Å². The molecule has 0 radical (unpaired) electrons. The monoisotopic (exact) mass is 258 g/mol. The SMILES string of the molecule is COC12c3ccccc3OC(=O)C1C1CCCCC12. The highest BCUT2D eigenvalue weighted by molar-refractivity contribution is 5.82. The first-order valence-corrected chi connectivity index (χ1v) is 7.15. The molecule has 1 aliphatic heterocycles. The molecular weight excluding hydrogens is 240 g/mol. The summed E-state index contributed by atoms with van der Waals surface area (Å²) in [6.45, 7) is 0. The molecule has 1 aromatic rings. The summed E-state index contributed by atoms with van der Waals surface area (Å²) in [5, 5.41) is 0. The van der Waals surface area contributed by atoms with Crippen molar-refractivity contribution in [1.82, 2.24) is 0 Å². The quantitative estimate of drug-likeness (QED) is 0.574. The maximum atomic E-state index is 12.3. The van der Waals surface area contributed by atoms with E-state index in [0.29, 0.717) is 17.6 Å². The Kier molecular flexibility index (Phi) is 2.31. The van der Waals surface area contributed by atoms with E-state index in [4.69, 9.17) is 9.47 Å². The Morgan fingerprint density at radius 1 is 1.26 bits per heavy atom. The van der Waals surface area contributed by atoms with Crippen molar-refractivity contribution in [2.24, 2.45) is 17.8 Å². The highest BCUT2D eigenvalue weighted by Gasteiger charge is 2.69. The topological polar surface area (TPSA) is 35.5 Å². The third-order valence-electron chi connectivity index (χ3n) is 5.37.